The van der Waals surface area contributed by atoms with E-state index in [1.54, 1.807) is 0 Å². The van der Waals surface area contributed by atoms with Gasteiger partial charge in [-0.2, -0.15) is 18.2 Å². The Labute approximate surface area is 132 Å². The Balaban J connectivity index is 1.83. The van der Waals surface area contributed by atoms with E-state index in [0.29, 0.717) is 6.54 Å². The van der Waals surface area contributed by atoms with Gasteiger partial charge >= 0.3 is 12.1 Å². The molecule has 130 valence electrons. The lowest BCUT2D eigenvalue weighted by atomic mass is 9.81. The zero-order chi connectivity index (χ0) is 17.1. The van der Waals surface area contributed by atoms with Crippen molar-refractivity contribution in [3.8, 4) is 0 Å². The number of aromatic nitrogens is 2. The largest absolute Gasteiger partial charge is 0.471 e. The van der Waals surface area contributed by atoms with E-state index in [2.05, 4.69) is 31.8 Å². The van der Waals surface area contributed by atoms with Gasteiger partial charge in [0, 0.05) is 19.5 Å². The second kappa shape index (κ2) is 6.86. The van der Waals surface area contributed by atoms with Crippen LogP contribution in [0.3, 0.4) is 0 Å². The first kappa shape index (κ1) is 17.7. The Morgan fingerprint density at radius 2 is 2.22 bits per heavy atom. The van der Waals surface area contributed by atoms with Gasteiger partial charge in [-0.05, 0) is 32.9 Å². The minimum Gasteiger partial charge on any atom is -0.355 e. The molecule has 1 fully saturated rings. The number of alkyl halides is 3. The van der Waals surface area contributed by atoms with Gasteiger partial charge in [-0.1, -0.05) is 12.1 Å². The predicted molar refractivity (Wildman–Crippen MR) is 75.5 cm³/mol. The average Bonchev–Trinajstić information content (AvgIpc) is 2.96. The number of carbonyl (C=O) groups is 1. The molecule has 1 aliphatic heterocycles. The van der Waals surface area contributed by atoms with Gasteiger partial charge in [0.2, 0.25) is 5.91 Å². The van der Waals surface area contributed by atoms with Gasteiger partial charge in [0.15, 0.2) is 5.82 Å². The summed E-state index contributed by atoms with van der Waals surface area (Å²) in [4.78, 5) is 17.8. The van der Waals surface area contributed by atoms with Crippen LogP contribution in [0.25, 0.3) is 0 Å². The zero-order valence-corrected chi connectivity index (χ0v) is 13.2. The molecule has 0 aliphatic carbocycles. The Morgan fingerprint density at radius 1 is 1.48 bits per heavy atom. The SMILES string of the molecule is CCN1CCC[C@](C)(C(=O)NCCc2noc(C(F)(F)F)n2)C1. The lowest BCUT2D eigenvalue weighted by Gasteiger charge is -2.38. The van der Waals surface area contributed by atoms with Gasteiger partial charge in [0.05, 0.1) is 5.41 Å². The van der Waals surface area contributed by atoms with E-state index >= 15 is 0 Å². The highest BCUT2D eigenvalue weighted by Gasteiger charge is 2.39. The Hall–Kier alpha value is -1.64. The summed E-state index contributed by atoms with van der Waals surface area (Å²) in [7, 11) is 0. The molecule has 6 nitrogen and oxygen atoms in total. The third kappa shape index (κ3) is 4.43. The van der Waals surface area contributed by atoms with Crippen molar-refractivity contribution < 1.29 is 22.5 Å². The zero-order valence-electron chi connectivity index (χ0n) is 13.2. The molecule has 1 saturated heterocycles. The fourth-order valence-electron chi connectivity index (χ4n) is 2.77. The van der Waals surface area contributed by atoms with Crippen LogP contribution in [0.1, 0.15) is 38.4 Å². The second-order valence-corrected chi connectivity index (χ2v) is 6.05. The maximum Gasteiger partial charge on any atom is 0.471 e. The summed E-state index contributed by atoms with van der Waals surface area (Å²) in [5.41, 5.74) is -0.470. The lowest BCUT2D eigenvalue weighted by Crippen LogP contribution is -2.50. The molecule has 1 aromatic rings. The molecule has 9 heteroatoms. The molecule has 2 rings (SSSR count). The molecule has 0 aromatic carbocycles. The number of piperidine rings is 1. The summed E-state index contributed by atoms with van der Waals surface area (Å²) < 4.78 is 41.2. The Bertz CT molecular complexity index is 546. The van der Waals surface area contributed by atoms with Crippen molar-refractivity contribution >= 4 is 5.91 Å². The highest BCUT2D eigenvalue weighted by atomic mass is 19.4. The molecule has 1 atom stereocenters. The topological polar surface area (TPSA) is 71.3 Å². The van der Waals surface area contributed by atoms with Crippen molar-refractivity contribution in [3.05, 3.63) is 11.7 Å². The molecule has 0 unspecified atom stereocenters. The third-order valence-corrected chi connectivity index (χ3v) is 4.12. The molecule has 1 amide bonds. The molecule has 1 aliphatic rings. The standard InChI is InChI=1S/C14H21F3N4O2/c1-3-21-8-4-6-13(2,9-21)11(22)18-7-5-10-19-12(23-20-10)14(15,16)17/h3-9H2,1-2H3,(H,18,22)/t13-/m0/s1. The first-order valence-electron chi connectivity index (χ1n) is 7.65. The van der Waals surface area contributed by atoms with Gasteiger partial charge in [0.1, 0.15) is 0 Å². The van der Waals surface area contributed by atoms with E-state index in [1.165, 1.54) is 0 Å². The molecule has 0 spiro atoms. The lowest BCUT2D eigenvalue weighted by molar-refractivity contribution is -0.159. The van der Waals surface area contributed by atoms with Crippen LogP contribution < -0.4 is 5.32 Å². The van der Waals surface area contributed by atoms with E-state index in [4.69, 9.17) is 0 Å². The van der Waals surface area contributed by atoms with Crippen molar-refractivity contribution in [3.63, 3.8) is 0 Å². The maximum atomic E-state index is 12.4. The molecular formula is C14H21F3N4O2. The van der Waals surface area contributed by atoms with Gasteiger partial charge in [-0.15, -0.1) is 0 Å². The van der Waals surface area contributed by atoms with E-state index in [1.807, 2.05) is 6.92 Å². The van der Waals surface area contributed by atoms with E-state index in [0.717, 1.165) is 25.9 Å². The highest BCUT2D eigenvalue weighted by molar-refractivity contribution is 5.82. The highest BCUT2D eigenvalue weighted by Crippen LogP contribution is 2.29. The minimum absolute atomic E-state index is 0.0680. The smallest absolute Gasteiger partial charge is 0.355 e. The molecule has 0 radical (unpaired) electrons. The number of likely N-dealkylation sites (tertiary alicyclic amines) is 1. The van der Waals surface area contributed by atoms with E-state index < -0.39 is 17.5 Å². The van der Waals surface area contributed by atoms with E-state index in [9.17, 15) is 18.0 Å². The number of halogens is 3. The van der Waals surface area contributed by atoms with Crippen molar-refractivity contribution in [1.82, 2.24) is 20.4 Å². The van der Waals surface area contributed by atoms with Crippen LogP contribution in [-0.2, 0) is 17.4 Å². The van der Waals surface area contributed by atoms with Crippen LogP contribution in [-0.4, -0.2) is 47.1 Å². The van der Waals surface area contributed by atoms with Crippen molar-refractivity contribution in [1.29, 1.82) is 0 Å². The summed E-state index contributed by atoms with van der Waals surface area (Å²) in [5, 5.41) is 6.03. The first-order valence-corrected chi connectivity index (χ1v) is 7.65. The summed E-state index contributed by atoms with van der Waals surface area (Å²) in [6, 6.07) is 0. The summed E-state index contributed by atoms with van der Waals surface area (Å²) in [5.74, 6) is -1.52. The van der Waals surface area contributed by atoms with Gasteiger partial charge in [0.25, 0.3) is 0 Å². The van der Waals surface area contributed by atoms with Crippen molar-refractivity contribution in [2.45, 2.75) is 39.3 Å². The minimum atomic E-state index is -4.65. The van der Waals surface area contributed by atoms with Crippen molar-refractivity contribution in [2.24, 2.45) is 5.41 Å². The van der Waals surface area contributed by atoms with Crippen LogP contribution in [0, 0.1) is 5.41 Å². The fourth-order valence-corrected chi connectivity index (χ4v) is 2.77. The summed E-state index contributed by atoms with van der Waals surface area (Å²) in [6.45, 7) is 6.72. The molecule has 23 heavy (non-hydrogen) atoms. The summed E-state index contributed by atoms with van der Waals surface area (Å²) >= 11 is 0. The number of nitrogens with one attached hydrogen (secondary N) is 1. The molecule has 2 heterocycles. The molecular weight excluding hydrogens is 313 g/mol. The summed E-state index contributed by atoms with van der Waals surface area (Å²) in [6.07, 6.45) is -2.79. The van der Waals surface area contributed by atoms with Crippen molar-refractivity contribution in [2.75, 3.05) is 26.2 Å². The monoisotopic (exact) mass is 334 g/mol. The quantitative estimate of drug-likeness (QED) is 0.890. The fraction of sp³-hybridized carbons (Fsp3) is 0.786. The van der Waals surface area contributed by atoms with Gasteiger partial charge in [-0.3, -0.25) is 4.79 Å². The van der Waals surface area contributed by atoms with Crippen LogP contribution in [0.2, 0.25) is 0 Å². The Kier molecular flexibility index (Phi) is 5.28. The molecule has 1 N–H and O–H groups in total. The number of hydrogen-bond donors (Lipinski definition) is 1. The maximum absolute atomic E-state index is 12.4. The van der Waals surface area contributed by atoms with Crippen LogP contribution >= 0.6 is 0 Å². The predicted octanol–water partition coefficient (Wildman–Crippen LogP) is 1.87. The molecule has 0 saturated carbocycles. The number of amides is 1. The third-order valence-electron chi connectivity index (χ3n) is 4.12. The average molecular weight is 334 g/mol. The van der Waals surface area contributed by atoms with Crippen LogP contribution in [0.15, 0.2) is 4.52 Å². The first-order chi connectivity index (χ1) is 10.7. The second-order valence-electron chi connectivity index (χ2n) is 6.05. The van der Waals surface area contributed by atoms with Gasteiger partial charge in [-0.25, -0.2) is 0 Å². The number of rotatable bonds is 5. The van der Waals surface area contributed by atoms with Crippen LogP contribution in [0.5, 0.6) is 0 Å². The molecule has 0 bridgehead atoms. The normalized spacial score (nSPS) is 23.0. The number of hydrogen-bond acceptors (Lipinski definition) is 5. The number of carbonyl (C=O) groups excluding carboxylic acids is 1. The molecule has 1 aromatic heterocycles. The Morgan fingerprint density at radius 3 is 2.83 bits per heavy atom. The number of nitrogens with zero attached hydrogens (tertiary/aromatic N) is 3. The van der Waals surface area contributed by atoms with Crippen LogP contribution in [0.4, 0.5) is 13.2 Å². The van der Waals surface area contributed by atoms with Gasteiger partial charge < -0.3 is 14.7 Å². The van der Waals surface area contributed by atoms with E-state index in [-0.39, 0.29) is 24.7 Å².